The first-order chi connectivity index (χ1) is 10.0. The third-order valence-electron chi connectivity index (χ3n) is 3.74. The number of rotatable bonds is 7. The summed E-state index contributed by atoms with van der Waals surface area (Å²) < 4.78 is 33.7. The molecule has 0 saturated heterocycles. The molecule has 0 aliphatic carbocycles. The molecule has 0 N–H and O–H groups in total. The van der Waals surface area contributed by atoms with E-state index < -0.39 is 10.1 Å². The summed E-state index contributed by atoms with van der Waals surface area (Å²) in [6, 6.07) is 10.5. The summed E-state index contributed by atoms with van der Waals surface area (Å²) in [6.07, 6.45) is 7.15. The Balaban J connectivity index is 0.00000242. The number of fused-ring (bicyclic) bond motifs is 1. The molecule has 2 aromatic carbocycles. The molecule has 22 heavy (non-hydrogen) atoms. The van der Waals surface area contributed by atoms with Gasteiger partial charge in [-0.25, -0.2) is 8.42 Å². The zero-order chi connectivity index (χ0) is 15.3. The predicted molar refractivity (Wildman–Crippen MR) is 84.4 cm³/mol. The Morgan fingerprint density at radius 1 is 1.00 bits per heavy atom. The minimum absolute atomic E-state index is 0. The molecule has 0 bridgehead atoms. The van der Waals surface area contributed by atoms with Crippen LogP contribution < -0.4 is 29.6 Å². The summed E-state index contributed by atoms with van der Waals surface area (Å²) >= 11 is 0. The maximum absolute atomic E-state index is 11.2. The maximum atomic E-state index is 11.2. The van der Waals surface area contributed by atoms with Gasteiger partial charge in [-0.15, -0.1) is 0 Å². The number of benzene rings is 2. The molecule has 0 spiro atoms. The molecule has 2 rings (SSSR count). The van der Waals surface area contributed by atoms with Gasteiger partial charge < -0.3 is 4.55 Å². The van der Waals surface area contributed by atoms with Gasteiger partial charge >= 0.3 is 29.6 Å². The molecule has 0 saturated carbocycles. The van der Waals surface area contributed by atoms with Gasteiger partial charge in [0.25, 0.3) is 0 Å². The smallest absolute Gasteiger partial charge is 0.744 e. The molecule has 0 fully saturated rings. The van der Waals surface area contributed by atoms with Crippen LogP contribution in [0.15, 0.2) is 41.3 Å². The Labute approximate surface area is 155 Å². The van der Waals surface area contributed by atoms with Crippen LogP contribution in [-0.2, 0) is 16.5 Å². The van der Waals surface area contributed by atoms with Crippen molar-refractivity contribution in [3.63, 3.8) is 0 Å². The average molecular weight is 328 g/mol. The van der Waals surface area contributed by atoms with Gasteiger partial charge in [0, 0.05) is 0 Å². The van der Waals surface area contributed by atoms with Crippen LogP contribution in [0.5, 0.6) is 0 Å². The van der Waals surface area contributed by atoms with E-state index in [1.165, 1.54) is 37.3 Å². The van der Waals surface area contributed by atoms with Gasteiger partial charge in [-0.1, -0.05) is 62.9 Å². The molecular formula is C17H21NaO3S. The van der Waals surface area contributed by atoms with Gasteiger partial charge in [0.1, 0.15) is 10.1 Å². The van der Waals surface area contributed by atoms with Crippen molar-refractivity contribution >= 4 is 20.9 Å². The van der Waals surface area contributed by atoms with Crippen molar-refractivity contribution in [2.75, 3.05) is 0 Å². The molecule has 114 valence electrons. The van der Waals surface area contributed by atoms with Gasteiger partial charge in [-0.05, 0) is 35.2 Å². The minimum Gasteiger partial charge on any atom is -0.744 e. The second-order valence-corrected chi connectivity index (χ2v) is 6.78. The van der Waals surface area contributed by atoms with E-state index in [4.69, 9.17) is 0 Å². The Morgan fingerprint density at radius 3 is 2.41 bits per heavy atom. The molecule has 0 aliphatic heterocycles. The third-order valence-corrected chi connectivity index (χ3v) is 4.64. The van der Waals surface area contributed by atoms with Crippen molar-refractivity contribution in [1.29, 1.82) is 0 Å². The predicted octanol–water partition coefficient (Wildman–Crippen LogP) is 1.26. The van der Waals surface area contributed by atoms with E-state index in [0.717, 1.165) is 18.2 Å². The Morgan fingerprint density at radius 2 is 1.73 bits per heavy atom. The molecule has 2 aromatic rings. The SMILES string of the molecule is CCCCCCCc1ccc2c(S(=O)(=O)[O-])cccc2c1.[Na+]. The molecule has 3 nitrogen and oxygen atoms in total. The van der Waals surface area contributed by atoms with Gasteiger partial charge in [0.2, 0.25) is 0 Å². The maximum Gasteiger partial charge on any atom is 1.00 e. The van der Waals surface area contributed by atoms with Crippen LogP contribution in [0.4, 0.5) is 0 Å². The van der Waals surface area contributed by atoms with E-state index in [2.05, 4.69) is 6.92 Å². The van der Waals surface area contributed by atoms with E-state index in [9.17, 15) is 13.0 Å². The van der Waals surface area contributed by atoms with E-state index in [-0.39, 0.29) is 34.5 Å². The summed E-state index contributed by atoms with van der Waals surface area (Å²) in [5.74, 6) is 0. The van der Waals surface area contributed by atoms with E-state index in [1.54, 1.807) is 12.1 Å². The average Bonchev–Trinajstić information content (AvgIpc) is 2.45. The van der Waals surface area contributed by atoms with Crippen molar-refractivity contribution in [2.45, 2.75) is 50.3 Å². The summed E-state index contributed by atoms with van der Waals surface area (Å²) in [7, 11) is -4.42. The van der Waals surface area contributed by atoms with Crippen molar-refractivity contribution in [1.82, 2.24) is 0 Å². The fraction of sp³-hybridized carbons (Fsp3) is 0.412. The topological polar surface area (TPSA) is 57.2 Å². The van der Waals surface area contributed by atoms with Crippen LogP contribution in [0.2, 0.25) is 0 Å². The molecule has 5 heteroatoms. The standard InChI is InChI=1S/C17H22O3S.Na/c1-2-3-4-5-6-8-14-11-12-16-15(13-14)9-7-10-17(16)21(18,19)20;/h7,9-13H,2-6,8H2,1H3,(H,18,19,20);/q;+1/p-1. The summed E-state index contributed by atoms with van der Waals surface area (Å²) in [5.41, 5.74) is 1.19. The van der Waals surface area contributed by atoms with E-state index in [0.29, 0.717) is 5.39 Å². The van der Waals surface area contributed by atoms with Gasteiger partial charge in [0.15, 0.2) is 0 Å². The van der Waals surface area contributed by atoms with Crippen LogP contribution in [0, 0.1) is 0 Å². The summed E-state index contributed by atoms with van der Waals surface area (Å²) in [4.78, 5) is -0.130. The van der Waals surface area contributed by atoms with Crippen LogP contribution in [-0.4, -0.2) is 13.0 Å². The fourth-order valence-corrected chi connectivity index (χ4v) is 3.31. The first-order valence-electron chi connectivity index (χ1n) is 7.50. The molecule has 0 unspecified atom stereocenters. The van der Waals surface area contributed by atoms with Gasteiger partial charge in [0.05, 0.1) is 4.90 Å². The summed E-state index contributed by atoms with van der Waals surface area (Å²) in [5, 5.41) is 1.33. The Bertz CT molecular complexity index is 711. The van der Waals surface area contributed by atoms with E-state index in [1.807, 2.05) is 18.2 Å². The Hall–Kier alpha value is -0.390. The van der Waals surface area contributed by atoms with Crippen LogP contribution >= 0.6 is 0 Å². The molecule has 0 aromatic heterocycles. The van der Waals surface area contributed by atoms with Crippen molar-refractivity contribution < 1.29 is 42.5 Å². The normalized spacial score (nSPS) is 11.4. The number of hydrogen-bond donors (Lipinski definition) is 0. The number of hydrogen-bond acceptors (Lipinski definition) is 3. The zero-order valence-corrected chi connectivity index (χ0v) is 16.2. The quantitative estimate of drug-likeness (QED) is 0.437. The van der Waals surface area contributed by atoms with Crippen LogP contribution in [0.1, 0.15) is 44.6 Å². The van der Waals surface area contributed by atoms with Crippen LogP contribution in [0.25, 0.3) is 10.8 Å². The second-order valence-electron chi connectivity index (χ2n) is 5.43. The van der Waals surface area contributed by atoms with Crippen molar-refractivity contribution in [3.8, 4) is 0 Å². The first kappa shape index (κ1) is 19.7. The monoisotopic (exact) mass is 328 g/mol. The Kier molecular flexibility index (Phi) is 8.08. The van der Waals surface area contributed by atoms with Crippen molar-refractivity contribution in [2.24, 2.45) is 0 Å². The first-order valence-corrected chi connectivity index (χ1v) is 8.91. The van der Waals surface area contributed by atoms with Gasteiger partial charge in [-0.2, -0.15) is 0 Å². The van der Waals surface area contributed by atoms with Crippen LogP contribution in [0.3, 0.4) is 0 Å². The minimum atomic E-state index is -4.42. The fourth-order valence-electron chi connectivity index (χ4n) is 2.61. The zero-order valence-electron chi connectivity index (χ0n) is 13.3. The molecule has 0 atom stereocenters. The van der Waals surface area contributed by atoms with Gasteiger partial charge in [-0.3, -0.25) is 0 Å². The molecule has 0 heterocycles. The molecule has 0 aliphatic rings. The van der Waals surface area contributed by atoms with E-state index >= 15 is 0 Å². The summed E-state index contributed by atoms with van der Waals surface area (Å²) in [6.45, 7) is 2.20. The third kappa shape index (κ3) is 5.36. The molecule has 0 amide bonds. The molecular weight excluding hydrogens is 307 g/mol. The molecule has 0 radical (unpaired) electrons. The number of unbranched alkanes of at least 4 members (excludes halogenated alkanes) is 4. The largest absolute Gasteiger partial charge is 1.00 e. The second kappa shape index (κ2) is 9.04. The number of aryl methyl sites for hydroxylation is 1. The van der Waals surface area contributed by atoms with Crippen molar-refractivity contribution in [3.05, 3.63) is 42.0 Å².